The zero-order valence-corrected chi connectivity index (χ0v) is 20.1. The van der Waals surface area contributed by atoms with Crippen LogP contribution >= 0.6 is 0 Å². The van der Waals surface area contributed by atoms with E-state index in [1.165, 1.54) is 24.3 Å². The molecular weight excluding hydrogens is 480 g/mol. The Morgan fingerprint density at radius 2 is 1.03 bits per heavy atom. The van der Waals surface area contributed by atoms with Gasteiger partial charge in [0.1, 0.15) is 23.0 Å². The van der Waals surface area contributed by atoms with E-state index >= 15 is 0 Å². The standard InChI is InChI=1S/C32H22O6/c33-31(34)22-9-14-26(15-10-22)37-28-8-4-7-24(19-28)25-13-18-30(29(20-25)21-5-2-1-3-6-21)38-27-16-11-23(12-17-27)32(35)36/h1-20H,(H,33,34)(H,35,36). The highest BCUT2D eigenvalue weighted by Crippen LogP contribution is 2.38. The molecule has 0 amide bonds. The SMILES string of the molecule is O=C(O)c1ccc(Oc2cccc(-c3ccc(Oc4ccc(C(=O)O)cc4)c(-c4ccccc4)c3)c2)cc1. The first kappa shape index (κ1) is 24.3. The largest absolute Gasteiger partial charge is 0.478 e. The molecule has 0 saturated carbocycles. The quantitative estimate of drug-likeness (QED) is 0.223. The van der Waals surface area contributed by atoms with Crippen molar-refractivity contribution in [3.8, 4) is 45.3 Å². The highest BCUT2D eigenvalue weighted by molar-refractivity contribution is 5.88. The lowest BCUT2D eigenvalue weighted by Crippen LogP contribution is -1.96. The molecule has 0 atom stereocenters. The molecule has 0 heterocycles. The summed E-state index contributed by atoms with van der Waals surface area (Å²) in [6.45, 7) is 0. The average Bonchev–Trinajstić information content (AvgIpc) is 2.94. The first-order chi connectivity index (χ1) is 18.5. The Labute approximate surface area is 219 Å². The van der Waals surface area contributed by atoms with Crippen LogP contribution in [-0.2, 0) is 0 Å². The highest BCUT2D eigenvalue weighted by atomic mass is 16.5. The Hall–Kier alpha value is -5.36. The number of carboxylic acids is 2. The predicted molar refractivity (Wildman–Crippen MR) is 144 cm³/mol. The number of hydrogen-bond donors (Lipinski definition) is 2. The predicted octanol–water partition coefficient (Wildman–Crippen LogP) is 8.00. The van der Waals surface area contributed by atoms with E-state index in [2.05, 4.69) is 0 Å². The van der Waals surface area contributed by atoms with Gasteiger partial charge in [-0.3, -0.25) is 0 Å². The van der Waals surface area contributed by atoms with Crippen molar-refractivity contribution in [1.82, 2.24) is 0 Å². The van der Waals surface area contributed by atoms with Gasteiger partial charge in [-0.1, -0.05) is 48.5 Å². The van der Waals surface area contributed by atoms with Gasteiger partial charge in [-0.05, 0) is 89.5 Å². The van der Waals surface area contributed by atoms with Crippen LogP contribution in [0.3, 0.4) is 0 Å². The molecule has 0 aliphatic carbocycles. The maximum atomic E-state index is 11.2. The Balaban J connectivity index is 1.46. The molecule has 0 aromatic heterocycles. The van der Waals surface area contributed by atoms with Gasteiger partial charge in [-0.25, -0.2) is 9.59 Å². The molecule has 0 radical (unpaired) electrons. The van der Waals surface area contributed by atoms with Crippen molar-refractivity contribution in [3.63, 3.8) is 0 Å². The molecule has 0 saturated heterocycles. The summed E-state index contributed by atoms with van der Waals surface area (Å²) in [6, 6.07) is 35.9. The minimum absolute atomic E-state index is 0.191. The van der Waals surface area contributed by atoms with Crippen LogP contribution in [0.4, 0.5) is 0 Å². The number of rotatable bonds is 8. The number of benzene rings is 5. The number of carboxylic acid groups (broad SMARTS) is 2. The monoisotopic (exact) mass is 502 g/mol. The lowest BCUT2D eigenvalue weighted by Gasteiger charge is -2.14. The van der Waals surface area contributed by atoms with Gasteiger partial charge in [0.05, 0.1) is 11.1 Å². The van der Waals surface area contributed by atoms with E-state index in [0.29, 0.717) is 23.0 Å². The van der Waals surface area contributed by atoms with E-state index in [0.717, 1.165) is 22.3 Å². The van der Waals surface area contributed by atoms with Gasteiger partial charge < -0.3 is 19.7 Å². The third-order valence-electron chi connectivity index (χ3n) is 5.90. The summed E-state index contributed by atoms with van der Waals surface area (Å²) in [4.78, 5) is 22.3. The topological polar surface area (TPSA) is 93.1 Å². The summed E-state index contributed by atoms with van der Waals surface area (Å²) >= 11 is 0. The van der Waals surface area contributed by atoms with Crippen molar-refractivity contribution < 1.29 is 29.3 Å². The van der Waals surface area contributed by atoms with Gasteiger partial charge in [0.15, 0.2) is 0 Å². The van der Waals surface area contributed by atoms with E-state index in [9.17, 15) is 9.59 Å². The zero-order valence-electron chi connectivity index (χ0n) is 20.1. The van der Waals surface area contributed by atoms with Crippen molar-refractivity contribution in [2.24, 2.45) is 0 Å². The molecule has 0 unspecified atom stereocenters. The molecule has 186 valence electrons. The van der Waals surface area contributed by atoms with Crippen LogP contribution in [0.15, 0.2) is 121 Å². The van der Waals surface area contributed by atoms with Crippen molar-refractivity contribution >= 4 is 11.9 Å². The van der Waals surface area contributed by atoms with Gasteiger partial charge in [-0.2, -0.15) is 0 Å². The van der Waals surface area contributed by atoms with Crippen molar-refractivity contribution in [3.05, 3.63) is 132 Å². The summed E-state index contributed by atoms with van der Waals surface area (Å²) in [6.07, 6.45) is 0. The molecule has 6 nitrogen and oxygen atoms in total. The van der Waals surface area contributed by atoms with Crippen LogP contribution in [0.25, 0.3) is 22.3 Å². The fourth-order valence-corrected chi connectivity index (χ4v) is 3.98. The number of aromatic carboxylic acids is 2. The molecule has 0 aliphatic heterocycles. The summed E-state index contributed by atoms with van der Waals surface area (Å²) < 4.78 is 12.1. The lowest BCUT2D eigenvalue weighted by atomic mass is 9.98. The molecule has 5 aromatic carbocycles. The van der Waals surface area contributed by atoms with E-state index < -0.39 is 11.9 Å². The second-order valence-corrected chi connectivity index (χ2v) is 8.47. The minimum atomic E-state index is -0.991. The van der Waals surface area contributed by atoms with Crippen molar-refractivity contribution in [2.75, 3.05) is 0 Å². The maximum absolute atomic E-state index is 11.2. The molecule has 0 fully saturated rings. The third-order valence-corrected chi connectivity index (χ3v) is 5.90. The Morgan fingerprint density at radius 1 is 0.474 bits per heavy atom. The molecule has 2 N–H and O–H groups in total. The van der Waals surface area contributed by atoms with Gasteiger partial charge in [0, 0.05) is 5.56 Å². The van der Waals surface area contributed by atoms with Crippen LogP contribution in [0.5, 0.6) is 23.0 Å². The zero-order chi connectivity index (χ0) is 26.5. The molecule has 0 bridgehead atoms. The first-order valence-electron chi connectivity index (χ1n) is 11.8. The third kappa shape index (κ3) is 5.55. The van der Waals surface area contributed by atoms with Crippen molar-refractivity contribution in [2.45, 2.75) is 0 Å². The lowest BCUT2D eigenvalue weighted by molar-refractivity contribution is 0.0686. The van der Waals surface area contributed by atoms with Gasteiger partial charge in [0.2, 0.25) is 0 Å². The fourth-order valence-electron chi connectivity index (χ4n) is 3.98. The molecule has 5 rings (SSSR count). The van der Waals surface area contributed by atoms with Crippen LogP contribution in [0, 0.1) is 0 Å². The second-order valence-electron chi connectivity index (χ2n) is 8.47. The average molecular weight is 503 g/mol. The summed E-state index contributed by atoms with van der Waals surface area (Å²) in [5.74, 6) is 0.338. The van der Waals surface area contributed by atoms with Crippen LogP contribution in [0.1, 0.15) is 20.7 Å². The minimum Gasteiger partial charge on any atom is -0.478 e. The normalized spacial score (nSPS) is 10.5. The fraction of sp³-hybridized carbons (Fsp3) is 0. The van der Waals surface area contributed by atoms with E-state index in [1.54, 1.807) is 24.3 Å². The molecule has 0 spiro atoms. The Morgan fingerprint density at radius 3 is 1.63 bits per heavy atom. The first-order valence-corrected chi connectivity index (χ1v) is 11.8. The summed E-state index contributed by atoms with van der Waals surface area (Å²) in [7, 11) is 0. The number of carbonyl (C=O) groups is 2. The Kier molecular flexibility index (Phi) is 6.87. The van der Waals surface area contributed by atoms with Crippen molar-refractivity contribution in [1.29, 1.82) is 0 Å². The van der Waals surface area contributed by atoms with E-state index in [1.807, 2.05) is 72.8 Å². The molecule has 6 heteroatoms. The number of hydrogen-bond acceptors (Lipinski definition) is 4. The van der Waals surface area contributed by atoms with Gasteiger partial charge in [-0.15, -0.1) is 0 Å². The van der Waals surface area contributed by atoms with Crippen LogP contribution < -0.4 is 9.47 Å². The number of ether oxygens (including phenoxy) is 2. The molecular formula is C32H22O6. The molecule has 5 aromatic rings. The second kappa shape index (κ2) is 10.7. The maximum Gasteiger partial charge on any atom is 0.335 e. The summed E-state index contributed by atoms with van der Waals surface area (Å²) in [5.41, 5.74) is 4.11. The summed E-state index contributed by atoms with van der Waals surface area (Å²) in [5, 5.41) is 18.3. The van der Waals surface area contributed by atoms with Gasteiger partial charge in [0.25, 0.3) is 0 Å². The van der Waals surface area contributed by atoms with Crippen LogP contribution in [-0.4, -0.2) is 22.2 Å². The smallest absolute Gasteiger partial charge is 0.335 e. The van der Waals surface area contributed by atoms with Crippen LogP contribution in [0.2, 0.25) is 0 Å². The Bertz CT molecular complexity index is 1590. The van der Waals surface area contributed by atoms with Gasteiger partial charge >= 0.3 is 11.9 Å². The molecule has 38 heavy (non-hydrogen) atoms. The highest BCUT2D eigenvalue weighted by Gasteiger charge is 2.12. The van der Waals surface area contributed by atoms with E-state index in [4.69, 9.17) is 19.7 Å². The van der Waals surface area contributed by atoms with E-state index in [-0.39, 0.29) is 11.1 Å². The molecule has 0 aliphatic rings.